The smallest absolute Gasteiger partial charge is 0.0621 e. The van der Waals surface area contributed by atoms with Crippen molar-refractivity contribution < 1.29 is 0 Å². The van der Waals surface area contributed by atoms with Gasteiger partial charge in [0, 0.05) is 18.4 Å². The molecule has 0 saturated carbocycles. The van der Waals surface area contributed by atoms with E-state index < -0.39 is 0 Å². The van der Waals surface area contributed by atoms with Gasteiger partial charge in [-0.2, -0.15) is 0 Å². The Morgan fingerprint density at radius 1 is 1.50 bits per heavy atom. The fourth-order valence-electron chi connectivity index (χ4n) is 1.48. The minimum absolute atomic E-state index is 0.468. The largest absolute Gasteiger partial charge is 0.316 e. The zero-order valence-corrected chi connectivity index (χ0v) is 9.67. The highest BCUT2D eigenvalue weighted by Crippen LogP contribution is 2.17. The Labute approximate surface area is 90.7 Å². The first-order valence-electron chi connectivity index (χ1n) is 4.90. The van der Waals surface area contributed by atoms with E-state index in [2.05, 4.69) is 24.1 Å². The van der Waals surface area contributed by atoms with Crippen molar-refractivity contribution in [3.8, 4) is 0 Å². The molecule has 0 amide bonds. The molecule has 1 N–H and O–H groups in total. The van der Waals surface area contributed by atoms with Gasteiger partial charge in [-0.25, -0.2) is 0 Å². The number of rotatable bonds is 4. The second-order valence-corrected chi connectivity index (χ2v) is 4.22. The van der Waals surface area contributed by atoms with Gasteiger partial charge in [-0.3, -0.25) is 4.98 Å². The summed E-state index contributed by atoms with van der Waals surface area (Å²) in [6.07, 6.45) is 4.44. The fraction of sp³-hybridized carbons (Fsp3) is 0.545. The summed E-state index contributed by atoms with van der Waals surface area (Å²) in [6.45, 7) is 4.41. The van der Waals surface area contributed by atoms with Gasteiger partial charge in [0.15, 0.2) is 0 Å². The molecule has 1 rings (SSSR count). The molecule has 1 atom stereocenters. The van der Waals surface area contributed by atoms with E-state index in [9.17, 15) is 0 Å². The van der Waals surface area contributed by atoms with Crippen molar-refractivity contribution in [3.05, 3.63) is 29.0 Å². The monoisotopic (exact) mass is 212 g/mol. The van der Waals surface area contributed by atoms with Crippen LogP contribution in [0.15, 0.2) is 18.5 Å². The molecule has 14 heavy (non-hydrogen) atoms. The molecule has 2 nitrogen and oxygen atoms in total. The van der Waals surface area contributed by atoms with Crippen molar-refractivity contribution in [3.63, 3.8) is 0 Å². The van der Waals surface area contributed by atoms with E-state index in [-0.39, 0.29) is 0 Å². The van der Waals surface area contributed by atoms with Crippen LogP contribution in [-0.4, -0.2) is 18.1 Å². The molecule has 78 valence electrons. The van der Waals surface area contributed by atoms with Crippen molar-refractivity contribution in [1.29, 1.82) is 0 Å². The van der Waals surface area contributed by atoms with E-state index >= 15 is 0 Å². The van der Waals surface area contributed by atoms with E-state index in [4.69, 9.17) is 11.6 Å². The number of hydrogen-bond acceptors (Lipinski definition) is 2. The summed E-state index contributed by atoms with van der Waals surface area (Å²) in [4.78, 5) is 3.97. The molecule has 0 aliphatic heterocycles. The predicted octanol–water partition coefficient (Wildman–Crippen LogP) is 2.52. The summed E-state index contributed by atoms with van der Waals surface area (Å²) in [7, 11) is 1.99. The maximum Gasteiger partial charge on any atom is 0.0621 e. The Morgan fingerprint density at radius 2 is 2.21 bits per heavy atom. The van der Waals surface area contributed by atoms with Gasteiger partial charge in [0.25, 0.3) is 0 Å². The molecule has 0 aromatic carbocycles. The first-order chi connectivity index (χ1) is 6.65. The SMILES string of the molecule is CNC(Cc1ccncc1Cl)C(C)C. The number of aromatic nitrogens is 1. The van der Waals surface area contributed by atoms with Crippen LogP contribution in [0.2, 0.25) is 5.02 Å². The van der Waals surface area contributed by atoms with Crippen molar-refractivity contribution in [2.24, 2.45) is 5.92 Å². The maximum absolute atomic E-state index is 6.04. The Hall–Kier alpha value is -0.600. The van der Waals surface area contributed by atoms with Gasteiger partial charge in [-0.1, -0.05) is 25.4 Å². The molecule has 1 heterocycles. The number of halogens is 1. The normalized spacial score (nSPS) is 13.2. The summed E-state index contributed by atoms with van der Waals surface area (Å²) in [5.74, 6) is 0.601. The topological polar surface area (TPSA) is 24.9 Å². The van der Waals surface area contributed by atoms with Crippen LogP contribution in [-0.2, 0) is 6.42 Å². The molecule has 0 saturated heterocycles. The van der Waals surface area contributed by atoms with Gasteiger partial charge in [0.05, 0.1) is 5.02 Å². The highest BCUT2D eigenvalue weighted by atomic mass is 35.5. The number of hydrogen-bond donors (Lipinski definition) is 1. The molecule has 1 aromatic rings. The summed E-state index contributed by atoms with van der Waals surface area (Å²) in [6, 6.07) is 2.45. The lowest BCUT2D eigenvalue weighted by Crippen LogP contribution is -2.32. The molecule has 0 radical (unpaired) electrons. The molecule has 0 spiro atoms. The molecule has 0 aliphatic rings. The van der Waals surface area contributed by atoms with Crippen LogP contribution < -0.4 is 5.32 Å². The Kier molecular flexibility index (Phi) is 4.36. The number of likely N-dealkylation sites (N-methyl/N-ethyl adjacent to an activating group) is 1. The van der Waals surface area contributed by atoms with E-state index in [1.807, 2.05) is 13.1 Å². The predicted molar refractivity (Wildman–Crippen MR) is 60.6 cm³/mol. The Bertz CT molecular complexity index is 286. The van der Waals surface area contributed by atoms with Crippen molar-refractivity contribution in [1.82, 2.24) is 10.3 Å². The molecule has 0 fully saturated rings. The lowest BCUT2D eigenvalue weighted by Gasteiger charge is -2.20. The maximum atomic E-state index is 6.04. The van der Waals surface area contributed by atoms with Gasteiger partial charge in [-0.15, -0.1) is 0 Å². The van der Waals surface area contributed by atoms with Crippen molar-refractivity contribution in [2.45, 2.75) is 26.3 Å². The third kappa shape index (κ3) is 2.96. The molecular formula is C11H17ClN2. The van der Waals surface area contributed by atoms with Gasteiger partial charge < -0.3 is 5.32 Å². The minimum Gasteiger partial charge on any atom is -0.316 e. The lowest BCUT2D eigenvalue weighted by atomic mass is 9.97. The van der Waals surface area contributed by atoms with E-state index in [1.54, 1.807) is 12.4 Å². The lowest BCUT2D eigenvalue weighted by molar-refractivity contribution is 0.424. The van der Waals surface area contributed by atoms with Crippen molar-refractivity contribution >= 4 is 11.6 Å². The van der Waals surface area contributed by atoms with E-state index in [0.717, 1.165) is 17.0 Å². The Balaban J connectivity index is 2.72. The zero-order chi connectivity index (χ0) is 10.6. The molecule has 0 bridgehead atoms. The number of nitrogens with one attached hydrogen (secondary N) is 1. The standard InChI is InChI=1S/C11H17ClN2/c1-8(2)11(13-3)6-9-4-5-14-7-10(9)12/h4-5,7-8,11,13H,6H2,1-3H3. The van der Waals surface area contributed by atoms with E-state index in [0.29, 0.717) is 12.0 Å². The highest BCUT2D eigenvalue weighted by Gasteiger charge is 2.12. The average molecular weight is 213 g/mol. The van der Waals surface area contributed by atoms with Crippen LogP contribution in [0.5, 0.6) is 0 Å². The van der Waals surface area contributed by atoms with Crippen molar-refractivity contribution in [2.75, 3.05) is 7.05 Å². The highest BCUT2D eigenvalue weighted by molar-refractivity contribution is 6.31. The van der Waals surface area contributed by atoms with Crippen LogP contribution in [0, 0.1) is 5.92 Å². The number of pyridine rings is 1. The molecule has 1 unspecified atom stereocenters. The van der Waals surface area contributed by atoms with Gasteiger partial charge in [0.1, 0.15) is 0 Å². The van der Waals surface area contributed by atoms with Crippen LogP contribution in [0.25, 0.3) is 0 Å². The minimum atomic E-state index is 0.468. The summed E-state index contributed by atoms with van der Waals surface area (Å²) < 4.78 is 0. The molecule has 0 aliphatic carbocycles. The second-order valence-electron chi connectivity index (χ2n) is 3.81. The summed E-state index contributed by atoms with van der Waals surface area (Å²) in [5.41, 5.74) is 1.16. The van der Waals surface area contributed by atoms with Gasteiger partial charge >= 0.3 is 0 Å². The first-order valence-corrected chi connectivity index (χ1v) is 5.28. The van der Waals surface area contributed by atoms with Gasteiger partial charge in [-0.05, 0) is 31.0 Å². The fourth-order valence-corrected chi connectivity index (χ4v) is 1.67. The average Bonchev–Trinajstić information content (AvgIpc) is 2.16. The van der Waals surface area contributed by atoms with Crippen LogP contribution >= 0.6 is 11.6 Å². The van der Waals surface area contributed by atoms with Crippen LogP contribution in [0.4, 0.5) is 0 Å². The summed E-state index contributed by atoms with van der Waals surface area (Å²) in [5, 5.41) is 4.06. The third-order valence-electron chi connectivity index (χ3n) is 2.47. The number of nitrogens with zero attached hydrogens (tertiary/aromatic N) is 1. The Morgan fingerprint density at radius 3 is 2.71 bits per heavy atom. The molecule has 1 aromatic heterocycles. The first kappa shape index (κ1) is 11.5. The third-order valence-corrected chi connectivity index (χ3v) is 2.81. The molecular weight excluding hydrogens is 196 g/mol. The second kappa shape index (κ2) is 5.32. The molecule has 3 heteroatoms. The quantitative estimate of drug-likeness (QED) is 0.830. The van der Waals surface area contributed by atoms with E-state index in [1.165, 1.54) is 0 Å². The van der Waals surface area contributed by atoms with Crippen LogP contribution in [0.1, 0.15) is 19.4 Å². The zero-order valence-electron chi connectivity index (χ0n) is 8.92. The van der Waals surface area contributed by atoms with Crippen LogP contribution in [0.3, 0.4) is 0 Å². The van der Waals surface area contributed by atoms with Gasteiger partial charge in [0.2, 0.25) is 0 Å². The summed E-state index contributed by atoms with van der Waals surface area (Å²) >= 11 is 6.04.